The molecule has 2 aromatic carbocycles. The number of nitrogens with one attached hydrogen (secondary N) is 1. The highest BCUT2D eigenvalue weighted by Gasteiger charge is 2.16. The first-order valence-electron chi connectivity index (χ1n) is 10.0. The minimum Gasteiger partial charge on any atom is -0.366 e. The largest absolute Gasteiger partial charge is 0.366 e. The predicted octanol–water partition coefficient (Wildman–Crippen LogP) is 4.25. The van der Waals surface area contributed by atoms with Gasteiger partial charge in [-0.05, 0) is 55.1 Å². The van der Waals surface area contributed by atoms with Gasteiger partial charge >= 0.3 is 0 Å². The van der Waals surface area contributed by atoms with Gasteiger partial charge in [0.15, 0.2) is 0 Å². The molecule has 1 aromatic heterocycles. The molecular formula is C24H27N3O. The summed E-state index contributed by atoms with van der Waals surface area (Å²) in [5.74, 6) is 0.121. The van der Waals surface area contributed by atoms with Gasteiger partial charge in [0.05, 0.1) is 0 Å². The summed E-state index contributed by atoms with van der Waals surface area (Å²) < 4.78 is 0. The number of primary amides is 1. The molecule has 4 rings (SSSR count). The second-order valence-electron chi connectivity index (χ2n) is 7.60. The van der Waals surface area contributed by atoms with Crippen molar-refractivity contribution in [1.82, 2.24) is 9.88 Å². The number of hydrogen-bond acceptors (Lipinski definition) is 2. The van der Waals surface area contributed by atoms with Crippen LogP contribution in [0.2, 0.25) is 0 Å². The summed E-state index contributed by atoms with van der Waals surface area (Å²) >= 11 is 0. The zero-order valence-electron chi connectivity index (χ0n) is 16.1. The molecule has 0 aliphatic carbocycles. The van der Waals surface area contributed by atoms with E-state index in [1.807, 2.05) is 12.1 Å². The molecule has 0 radical (unpaired) electrons. The molecule has 1 aliphatic rings. The molecule has 0 bridgehead atoms. The van der Waals surface area contributed by atoms with Crippen LogP contribution in [-0.2, 0) is 6.42 Å². The molecule has 1 amide bonds. The van der Waals surface area contributed by atoms with Crippen molar-refractivity contribution in [2.24, 2.45) is 5.73 Å². The molecule has 2 heterocycles. The summed E-state index contributed by atoms with van der Waals surface area (Å²) in [5.41, 5.74) is 9.71. The lowest BCUT2D eigenvalue weighted by Gasteiger charge is -2.29. The Labute approximate surface area is 166 Å². The fourth-order valence-corrected chi connectivity index (χ4v) is 4.08. The molecule has 1 aliphatic heterocycles. The van der Waals surface area contributed by atoms with Gasteiger partial charge in [0.2, 0.25) is 5.91 Å². The molecule has 0 saturated carbocycles. The number of nitrogens with two attached hydrogens (primary N) is 1. The lowest BCUT2D eigenvalue weighted by atomic mass is 9.95. The van der Waals surface area contributed by atoms with Crippen LogP contribution in [0.15, 0.2) is 66.9 Å². The van der Waals surface area contributed by atoms with Crippen LogP contribution in [0.5, 0.6) is 0 Å². The van der Waals surface area contributed by atoms with Gasteiger partial charge in [-0.3, -0.25) is 9.69 Å². The van der Waals surface area contributed by atoms with E-state index in [0.29, 0.717) is 11.5 Å². The van der Waals surface area contributed by atoms with E-state index < -0.39 is 0 Å². The van der Waals surface area contributed by atoms with Crippen LogP contribution >= 0.6 is 0 Å². The van der Waals surface area contributed by atoms with Gasteiger partial charge in [0, 0.05) is 41.7 Å². The summed E-state index contributed by atoms with van der Waals surface area (Å²) in [6.07, 6.45) is 10.0. The van der Waals surface area contributed by atoms with Crippen LogP contribution in [0.25, 0.3) is 10.9 Å². The van der Waals surface area contributed by atoms with E-state index in [2.05, 4.69) is 58.6 Å². The third kappa shape index (κ3) is 4.18. The fourth-order valence-electron chi connectivity index (χ4n) is 4.08. The molecule has 0 fully saturated rings. The first-order valence-corrected chi connectivity index (χ1v) is 10.0. The van der Waals surface area contributed by atoms with Gasteiger partial charge in [-0.2, -0.15) is 0 Å². The standard InChI is InChI=1S/C24H27N3O/c25-24(28)19-11-12-23-22(15-19)20(16-26-23)9-4-5-13-27-14-6-10-21(17-27)18-7-2-1-3-8-18/h1-3,6-8,10-12,15-16,21,26H,4-5,9,13-14,17H2,(H2,25,28). The Morgan fingerprint density at radius 1 is 1.14 bits per heavy atom. The molecule has 0 spiro atoms. The number of nitrogens with zero attached hydrogens (tertiary/aromatic N) is 1. The van der Waals surface area contributed by atoms with E-state index in [0.717, 1.165) is 49.8 Å². The Balaban J connectivity index is 1.30. The average Bonchev–Trinajstić information content (AvgIpc) is 3.14. The van der Waals surface area contributed by atoms with Crippen LogP contribution in [0.1, 0.15) is 40.2 Å². The number of hydrogen-bond donors (Lipinski definition) is 2. The number of fused-ring (bicyclic) bond motifs is 1. The fraction of sp³-hybridized carbons (Fsp3) is 0.292. The van der Waals surface area contributed by atoms with Gasteiger partial charge < -0.3 is 10.7 Å². The van der Waals surface area contributed by atoms with Gasteiger partial charge in [0.1, 0.15) is 0 Å². The summed E-state index contributed by atoms with van der Waals surface area (Å²) in [4.78, 5) is 17.3. The molecule has 28 heavy (non-hydrogen) atoms. The highest BCUT2D eigenvalue weighted by molar-refractivity contribution is 5.97. The average molecular weight is 374 g/mol. The maximum absolute atomic E-state index is 11.4. The number of amides is 1. The number of carbonyl (C=O) groups is 1. The van der Waals surface area contributed by atoms with Crippen LogP contribution in [0.3, 0.4) is 0 Å². The number of H-pyrrole nitrogens is 1. The Morgan fingerprint density at radius 3 is 2.82 bits per heavy atom. The van der Waals surface area contributed by atoms with Crippen molar-refractivity contribution in [3.05, 3.63) is 83.6 Å². The van der Waals surface area contributed by atoms with E-state index >= 15 is 0 Å². The minimum absolute atomic E-state index is 0.375. The van der Waals surface area contributed by atoms with E-state index in [9.17, 15) is 4.79 Å². The summed E-state index contributed by atoms with van der Waals surface area (Å²) in [5, 5.41) is 1.11. The van der Waals surface area contributed by atoms with E-state index in [1.165, 1.54) is 11.1 Å². The molecule has 1 unspecified atom stereocenters. The monoisotopic (exact) mass is 373 g/mol. The number of benzene rings is 2. The number of unbranched alkanes of at least 4 members (excludes halogenated alkanes) is 1. The highest BCUT2D eigenvalue weighted by atomic mass is 16.1. The van der Waals surface area contributed by atoms with Gasteiger partial charge in [-0.25, -0.2) is 0 Å². The minimum atomic E-state index is -0.375. The maximum Gasteiger partial charge on any atom is 0.248 e. The van der Waals surface area contributed by atoms with Gasteiger partial charge in [0.25, 0.3) is 0 Å². The van der Waals surface area contributed by atoms with Crippen LogP contribution < -0.4 is 5.73 Å². The first kappa shape index (κ1) is 18.5. The maximum atomic E-state index is 11.4. The van der Waals surface area contributed by atoms with Gasteiger partial charge in [-0.15, -0.1) is 0 Å². The Kier molecular flexibility index (Phi) is 5.58. The summed E-state index contributed by atoms with van der Waals surface area (Å²) in [6, 6.07) is 16.4. The molecule has 1 atom stereocenters. The van der Waals surface area contributed by atoms with Gasteiger partial charge in [-0.1, -0.05) is 42.5 Å². The van der Waals surface area contributed by atoms with E-state index in [-0.39, 0.29) is 5.91 Å². The third-order valence-electron chi connectivity index (χ3n) is 5.64. The van der Waals surface area contributed by atoms with Crippen LogP contribution in [-0.4, -0.2) is 35.4 Å². The predicted molar refractivity (Wildman–Crippen MR) is 115 cm³/mol. The first-order chi connectivity index (χ1) is 13.7. The second-order valence-corrected chi connectivity index (χ2v) is 7.60. The Hall–Kier alpha value is -2.85. The van der Waals surface area contributed by atoms with E-state index in [1.54, 1.807) is 6.07 Å². The van der Waals surface area contributed by atoms with E-state index in [4.69, 9.17) is 5.73 Å². The van der Waals surface area contributed by atoms with Crippen LogP contribution in [0.4, 0.5) is 0 Å². The molecular weight excluding hydrogens is 346 g/mol. The van der Waals surface area contributed by atoms with Crippen molar-refractivity contribution < 1.29 is 4.79 Å². The van der Waals surface area contributed by atoms with Crippen LogP contribution in [0, 0.1) is 0 Å². The molecule has 144 valence electrons. The normalized spacial score (nSPS) is 17.2. The smallest absolute Gasteiger partial charge is 0.248 e. The number of aromatic amines is 1. The SMILES string of the molecule is NC(=O)c1ccc2[nH]cc(CCCCN3CC=CC(c4ccccc4)C3)c2c1. The van der Waals surface area contributed by atoms with Crippen molar-refractivity contribution in [2.45, 2.75) is 25.2 Å². The lowest BCUT2D eigenvalue weighted by molar-refractivity contribution is 0.100. The number of rotatable bonds is 7. The second kappa shape index (κ2) is 8.44. The van der Waals surface area contributed by atoms with Crippen molar-refractivity contribution in [2.75, 3.05) is 19.6 Å². The lowest BCUT2D eigenvalue weighted by Crippen LogP contribution is -2.32. The quantitative estimate of drug-likeness (QED) is 0.480. The zero-order chi connectivity index (χ0) is 19.3. The Morgan fingerprint density at radius 2 is 2.00 bits per heavy atom. The van der Waals surface area contributed by atoms with Crippen molar-refractivity contribution in [1.29, 1.82) is 0 Å². The summed E-state index contributed by atoms with van der Waals surface area (Å²) in [7, 11) is 0. The Bertz CT molecular complexity index is 974. The van der Waals surface area contributed by atoms with Crippen molar-refractivity contribution in [3.8, 4) is 0 Å². The molecule has 0 saturated heterocycles. The van der Waals surface area contributed by atoms with Crippen molar-refractivity contribution >= 4 is 16.8 Å². The number of carbonyl (C=O) groups excluding carboxylic acids is 1. The molecule has 4 heteroatoms. The topological polar surface area (TPSA) is 62.1 Å². The number of aromatic nitrogens is 1. The number of aryl methyl sites for hydroxylation is 1. The zero-order valence-corrected chi connectivity index (χ0v) is 16.1. The summed E-state index contributed by atoms with van der Waals surface area (Å²) in [6.45, 7) is 3.25. The molecule has 4 nitrogen and oxygen atoms in total. The molecule has 3 aromatic rings. The third-order valence-corrected chi connectivity index (χ3v) is 5.64. The highest BCUT2D eigenvalue weighted by Crippen LogP contribution is 2.23. The molecule has 3 N–H and O–H groups in total. The van der Waals surface area contributed by atoms with Crippen molar-refractivity contribution in [3.63, 3.8) is 0 Å².